The van der Waals surface area contributed by atoms with E-state index in [1.807, 2.05) is 37.3 Å². The first-order chi connectivity index (χ1) is 9.06. The summed E-state index contributed by atoms with van der Waals surface area (Å²) in [7, 11) is 0. The number of para-hydroxylation sites is 1. The average molecular weight is 257 g/mol. The SMILES string of the molecule is CC(=O)CC(=O)Nc1cc(C)nn1-c1ccccc1. The van der Waals surface area contributed by atoms with Crippen molar-refractivity contribution < 1.29 is 9.59 Å². The first-order valence-electron chi connectivity index (χ1n) is 5.97. The number of amides is 1. The second kappa shape index (κ2) is 5.48. The van der Waals surface area contributed by atoms with Crippen LogP contribution in [-0.4, -0.2) is 21.5 Å². The Labute approximate surface area is 111 Å². The molecule has 0 saturated heterocycles. The molecule has 2 aromatic rings. The van der Waals surface area contributed by atoms with Crippen LogP contribution in [0.25, 0.3) is 5.69 Å². The number of nitrogens with zero attached hydrogens (tertiary/aromatic N) is 2. The minimum atomic E-state index is -0.329. The number of hydrogen-bond acceptors (Lipinski definition) is 3. The number of anilines is 1. The highest BCUT2D eigenvalue weighted by Gasteiger charge is 2.11. The first-order valence-corrected chi connectivity index (χ1v) is 5.97. The maximum atomic E-state index is 11.6. The molecule has 0 saturated carbocycles. The van der Waals surface area contributed by atoms with E-state index in [2.05, 4.69) is 10.4 Å². The molecule has 1 heterocycles. The van der Waals surface area contributed by atoms with E-state index in [0.717, 1.165) is 11.4 Å². The Kier molecular flexibility index (Phi) is 3.75. The molecular formula is C14H15N3O2. The topological polar surface area (TPSA) is 64.0 Å². The van der Waals surface area contributed by atoms with Crippen molar-refractivity contribution in [1.29, 1.82) is 0 Å². The molecule has 1 N–H and O–H groups in total. The normalized spacial score (nSPS) is 10.2. The van der Waals surface area contributed by atoms with Crippen molar-refractivity contribution in [2.45, 2.75) is 20.3 Å². The van der Waals surface area contributed by atoms with Crippen LogP contribution in [0.3, 0.4) is 0 Å². The van der Waals surface area contributed by atoms with Crippen molar-refractivity contribution in [2.24, 2.45) is 0 Å². The number of carbonyl (C=O) groups excluding carboxylic acids is 2. The van der Waals surface area contributed by atoms with Gasteiger partial charge < -0.3 is 5.32 Å². The van der Waals surface area contributed by atoms with E-state index in [4.69, 9.17) is 0 Å². The Morgan fingerprint density at radius 3 is 2.58 bits per heavy atom. The third-order valence-corrected chi connectivity index (χ3v) is 2.51. The van der Waals surface area contributed by atoms with Gasteiger partial charge in [0.2, 0.25) is 5.91 Å². The third-order valence-electron chi connectivity index (χ3n) is 2.51. The predicted octanol–water partition coefficient (Wildman–Crippen LogP) is 2.10. The molecule has 0 aliphatic carbocycles. The molecule has 1 aromatic heterocycles. The molecule has 1 amide bonds. The van der Waals surface area contributed by atoms with Crippen molar-refractivity contribution in [3.8, 4) is 5.69 Å². The molecular weight excluding hydrogens is 242 g/mol. The van der Waals surface area contributed by atoms with E-state index in [0.29, 0.717) is 5.82 Å². The molecule has 0 bridgehead atoms. The second-order valence-electron chi connectivity index (χ2n) is 4.35. The van der Waals surface area contributed by atoms with Crippen LogP contribution in [0.1, 0.15) is 19.0 Å². The van der Waals surface area contributed by atoms with Gasteiger partial charge in [-0.15, -0.1) is 0 Å². The van der Waals surface area contributed by atoms with Crippen molar-refractivity contribution in [2.75, 3.05) is 5.32 Å². The maximum Gasteiger partial charge on any atom is 0.232 e. The van der Waals surface area contributed by atoms with Crippen LogP contribution in [0.15, 0.2) is 36.4 Å². The smallest absolute Gasteiger partial charge is 0.232 e. The lowest BCUT2D eigenvalue weighted by Gasteiger charge is -2.08. The average Bonchev–Trinajstić information content (AvgIpc) is 2.70. The third kappa shape index (κ3) is 3.28. The maximum absolute atomic E-state index is 11.6. The van der Waals surface area contributed by atoms with Gasteiger partial charge >= 0.3 is 0 Å². The van der Waals surface area contributed by atoms with Gasteiger partial charge in [-0.1, -0.05) is 18.2 Å². The molecule has 0 aliphatic rings. The van der Waals surface area contributed by atoms with Crippen molar-refractivity contribution in [3.63, 3.8) is 0 Å². The standard InChI is InChI=1S/C14H15N3O2/c1-10-8-13(15-14(19)9-11(2)18)17(16-10)12-6-4-3-5-7-12/h3-8H,9H2,1-2H3,(H,15,19). The number of benzene rings is 1. The lowest BCUT2D eigenvalue weighted by molar-refractivity contribution is -0.124. The Balaban J connectivity index is 2.27. The van der Waals surface area contributed by atoms with Gasteiger partial charge in [-0.25, -0.2) is 4.68 Å². The number of carbonyl (C=O) groups is 2. The number of hydrogen-bond donors (Lipinski definition) is 1. The van der Waals surface area contributed by atoms with Crippen LogP contribution in [0, 0.1) is 6.92 Å². The summed E-state index contributed by atoms with van der Waals surface area (Å²) in [6, 6.07) is 11.3. The Morgan fingerprint density at radius 2 is 1.95 bits per heavy atom. The highest BCUT2D eigenvalue weighted by molar-refractivity contribution is 6.03. The lowest BCUT2D eigenvalue weighted by atomic mass is 10.3. The van der Waals surface area contributed by atoms with E-state index in [1.54, 1.807) is 10.7 Å². The Morgan fingerprint density at radius 1 is 1.26 bits per heavy atom. The largest absolute Gasteiger partial charge is 0.310 e. The lowest BCUT2D eigenvalue weighted by Crippen LogP contribution is -2.17. The molecule has 0 radical (unpaired) electrons. The highest BCUT2D eigenvalue weighted by atomic mass is 16.2. The molecule has 0 spiro atoms. The van der Waals surface area contributed by atoms with E-state index in [-0.39, 0.29) is 18.1 Å². The Bertz CT molecular complexity index is 602. The molecule has 98 valence electrons. The minimum absolute atomic E-state index is 0.126. The minimum Gasteiger partial charge on any atom is -0.310 e. The van der Waals surface area contributed by atoms with E-state index in [1.165, 1.54) is 6.92 Å². The summed E-state index contributed by atoms with van der Waals surface area (Å²) >= 11 is 0. The summed E-state index contributed by atoms with van der Waals surface area (Å²) < 4.78 is 1.65. The number of Topliss-reactive ketones (excluding diaryl/α,β-unsaturated/α-hetero) is 1. The zero-order chi connectivity index (χ0) is 13.8. The molecule has 1 aromatic carbocycles. The van der Waals surface area contributed by atoms with Gasteiger partial charge in [0.15, 0.2) is 0 Å². The number of ketones is 1. The molecule has 5 heteroatoms. The van der Waals surface area contributed by atoms with E-state index in [9.17, 15) is 9.59 Å². The van der Waals surface area contributed by atoms with Gasteiger partial charge in [-0.05, 0) is 26.0 Å². The van der Waals surface area contributed by atoms with Crippen LogP contribution < -0.4 is 5.32 Å². The first kappa shape index (κ1) is 13.0. The molecule has 2 rings (SSSR count). The molecule has 19 heavy (non-hydrogen) atoms. The quantitative estimate of drug-likeness (QED) is 0.853. The van der Waals surface area contributed by atoms with Crippen LogP contribution in [0.4, 0.5) is 5.82 Å². The Hall–Kier alpha value is -2.43. The molecule has 0 aliphatic heterocycles. The summed E-state index contributed by atoms with van der Waals surface area (Å²) in [6.07, 6.45) is -0.126. The van der Waals surface area contributed by atoms with E-state index < -0.39 is 0 Å². The number of rotatable bonds is 4. The van der Waals surface area contributed by atoms with Gasteiger partial charge in [0.25, 0.3) is 0 Å². The van der Waals surface area contributed by atoms with Gasteiger partial charge in [0, 0.05) is 6.07 Å². The predicted molar refractivity (Wildman–Crippen MR) is 72.2 cm³/mol. The zero-order valence-corrected chi connectivity index (χ0v) is 10.9. The number of aromatic nitrogens is 2. The van der Waals surface area contributed by atoms with Crippen molar-refractivity contribution in [1.82, 2.24) is 9.78 Å². The number of aryl methyl sites for hydroxylation is 1. The summed E-state index contributed by atoms with van der Waals surface area (Å²) in [6.45, 7) is 3.24. The van der Waals surface area contributed by atoms with Gasteiger partial charge in [-0.3, -0.25) is 9.59 Å². The van der Waals surface area contributed by atoms with Gasteiger partial charge in [-0.2, -0.15) is 5.10 Å². The molecule has 0 atom stereocenters. The van der Waals surface area contributed by atoms with Crippen molar-refractivity contribution in [3.05, 3.63) is 42.1 Å². The van der Waals surface area contributed by atoms with E-state index >= 15 is 0 Å². The van der Waals surface area contributed by atoms with Crippen LogP contribution >= 0.6 is 0 Å². The summed E-state index contributed by atoms with van der Waals surface area (Å²) in [5, 5.41) is 7.03. The monoisotopic (exact) mass is 257 g/mol. The number of nitrogens with one attached hydrogen (secondary N) is 1. The van der Waals surface area contributed by atoms with Gasteiger partial charge in [0.1, 0.15) is 11.6 Å². The summed E-state index contributed by atoms with van der Waals surface area (Å²) in [4.78, 5) is 22.6. The van der Waals surface area contributed by atoms with Crippen LogP contribution in [-0.2, 0) is 9.59 Å². The highest BCUT2D eigenvalue weighted by Crippen LogP contribution is 2.16. The fraction of sp³-hybridized carbons (Fsp3) is 0.214. The van der Waals surface area contributed by atoms with Crippen LogP contribution in [0.5, 0.6) is 0 Å². The molecule has 0 fully saturated rings. The van der Waals surface area contributed by atoms with Crippen LogP contribution in [0.2, 0.25) is 0 Å². The fourth-order valence-corrected chi connectivity index (χ4v) is 1.77. The summed E-state index contributed by atoms with van der Waals surface area (Å²) in [5.41, 5.74) is 1.65. The fourth-order valence-electron chi connectivity index (χ4n) is 1.77. The molecule has 5 nitrogen and oxygen atoms in total. The van der Waals surface area contributed by atoms with Gasteiger partial charge in [0.05, 0.1) is 17.8 Å². The molecule has 0 unspecified atom stereocenters. The van der Waals surface area contributed by atoms with Crippen molar-refractivity contribution >= 4 is 17.5 Å². The zero-order valence-electron chi connectivity index (χ0n) is 10.9. The summed E-state index contributed by atoms with van der Waals surface area (Å²) in [5.74, 6) is 0.0690. The second-order valence-corrected chi connectivity index (χ2v) is 4.35.